The summed E-state index contributed by atoms with van der Waals surface area (Å²) in [7, 11) is 1.42. The van der Waals surface area contributed by atoms with E-state index in [0.717, 1.165) is 5.56 Å². The fourth-order valence-electron chi connectivity index (χ4n) is 4.39. The van der Waals surface area contributed by atoms with Gasteiger partial charge in [0.2, 0.25) is 5.89 Å². The SMILES string of the molecule is COc1cc(-c2ccc3c(c2)N(S(=O)(=O)c2cccc(C)c2)C[C@H](CCc2n[nH]c(=O)o2)O3)nc(N(C)C)c1. The van der Waals surface area contributed by atoms with Gasteiger partial charge in [-0.25, -0.2) is 23.3 Å². The van der Waals surface area contributed by atoms with Crippen LogP contribution in [0.2, 0.25) is 0 Å². The van der Waals surface area contributed by atoms with Crippen molar-refractivity contribution < 1.29 is 22.3 Å². The lowest BCUT2D eigenvalue weighted by atomic mass is 10.1. The highest BCUT2D eigenvalue weighted by Crippen LogP contribution is 2.41. The minimum atomic E-state index is -3.94. The van der Waals surface area contributed by atoms with Gasteiger partial charge in [-0.2, -0.15) is 0 Å². The van der Waals surface area contributed by atoms with Crippen molar-refractivity contribution in [2.24, 2.45) is 0 Å². The standard InChI is InChI=1S/C27H29N5O6S/c1-17-6-5-7-21(12-17)39(34,35)32-16-19(9-11-26-29-30-27(33)38-26)37-24-10-8-18(13-23(24)32)22-14-20(36-4)15-25(28-22)31(2)3/h5-8,10,12-15,19H,9,11,16H2,1-4H3,(H,30,33)/t19-/m0/s1. The third kappa shape index (κ3) is 5.46. The van der Waals surface area contributed by atoms with Crippen molar-refractivity contribution in [1.29, 1.82) is 0 Å². The summed E-state index contributed by atoms with van der Waals surface area (Å²) >= 11 is 0. The molecule has 1 N–H and O–H groups in total. The van der Waals surface area contributed by atoms with Crippen LogP contribution in [0.5, 0.6) is 11.5 Å². The average Bonchev–Trinajstić information content (AvgIpc) is 3.35. The Morgan fingerprint density at radius 3 is 2.67 bits per heavy atom. The van der Waals surface area contributed by atoms with Crippen LogP contribution in [0.25, 0.3) is 11.3 Å². The molecular formula is C27H29N5O6S. The first-order valence-electron chi connectivity index (χ1n) is 12.3. The van der Waals surface area contributed by atoms with Gasteiger partial charge in [-0.3, -0.25) is 4.31 Å². The van der Waals surface area contributed by atoms with Crippen LogP contribution in [-0.2, 0) is 16.4 Å². The van der Waals surface area contributed by atoms with E-state index in [-0.39, 0.29) is 17.3 Å². The summed E-state index contributed by atoms with van der Waals surface area (Å²) in [6.45, 7) is 1.91. The van der Waals surface area contributed by atoms with E-state index in [4.69, 9.17) is 18.9 Å². The third-order valence-corrected chi connectivity index (χ3v) is 8.18. The molecule has 1 atom stereocenters. The predicted octanol–water partition coefficient (Wildman–Crippen LogP) is 3.40. The maximum Gasteiger partial charge on any atom is 0.434 e. The molecule has 0 radical (unpaired) electrons. The smallest absolute Gasteiger partial charge is 0.434 e. The summed E-state index contributed by atoms with van der Waals surface area (Å²) < 4.78 is 46.0. The van der Waals surface area contributed by atoms with Gasteiger partial charge in [-0.1, -0.05) is 12.1 Å². The van der Waals surface area contributed by atoms with Crippen molar-refractivity contribution in [1.82, 2.24) is 15.2 Å². The number of methoxy groups -OCH3 is 1. The van der Waals surface area contributed by atoms with Crippen LogP contribution < -0.4 is 24.4 Å². The Balaban J connectivity index is 1.56. The number of hydrogen-bond donors (Lipinski definition) is 1. The number of H-pyrrole nitrogens is 1. The van der Waals surface area contributed by atoms with Gasteiger partial charge in [0.05, 0.1) is 29.9 Å². The van der Waals surface area contributed by atoms with Crippen molar-refractivity contribution in [3.63, 3.8) is 0 Å². The predicted molar refractivity (Wildman–Crippen MR) is 146 cm³/mol. The second kappa shape index (κ2) is 10.4. The van der Waals surface area contributed by atoms with Crippen LogP contribution >= 0.6 is 0 Å². The molecule has 1 aliphatic heterocycles. The lowest BCUT2D eigenvalue weighted by Crippen LogP contribution is -2.43. The molecule has 5 rings (SSSR count). The number of fused-ring (bicyclic) bond motifs is 1. The number of ether oxygens (including phenoxy) is 2. The Morgan fingerprint density at radius 1 is 1.15 bits per heavy atom. The summed E-state index contributed by atoms with van der Waals surface area (Å²) in [6, 6.07) is 15.8. The quantitative estimate of drug-likeness (QED) is 0.350. The van der Waals surface area contributed by atoms with E-state index in [1.807, 2.05) is 44.1 Å². The molecule has 0 saturated carbocycles. The maximum atomic E-state index is 14.0. The van der Waals surface area contributed by atoms with Crippen molar-refractivity contribution >= 4 is 21.5 Å². The highest BCUT2D eigenvalue weighted by atomic mass is 32.2. The van der Waals surface area contributed by atoms with Crippen molar-refractivity contribution in [2.45, 2.75) is 30.8 Å². The number of nitrogens with one attached hydrogen (secondary N) is 1. The second-order valence-corrected chi connectivity index (χ2v) is 11.3. The van der Waals surface area contributed by atoms with E-state index < -0.39 is 21.9 Å². The van der Waals surface area contributed by atoms with Crippen LogP contribution in [0, 0.1) is 6.92 Å². The fraction of sp³-hybridized carbons (Fsp3) is 0.296. The van der Waals surface area contributed by atoms with Crippen molar-refractivity contribution in [2.75, 3.05) is 37.0 Å². The number of nitrogens with zero attached hydrogens (tertiary/aromatic N) is 4. The van der Waals surface area contributed by atoms with Crippen LogP contribution in [0.15, 0.2) is 68.7 Å². The monoisotopic (exact) mass is 551 g/mol. The molecule has 12 heteroatoms. The van der Waals surface area contributed by atoms with E-state index in [1.165, 1.54) is 4.31 Å². The Bertz CT molecular complexity index is 1660. The topological polar surface area (TPSA) is 131 Å². The van der Waals surface area contributed by atoms with Gasteiger partial charge in [-0.05, 0) is 49.2 Å². The Hall–Kier alpha value is -4.32. The normalized spacial score (nSPS) is 15.0. The molecule has 0 saturated heterocycles. The first kappa shape index (κ1) is 26.3. The maximum absolute atomic E-state index is 14.0. The summed E-state index contributed by atoms with van der Waals surface area (Å²) in [5.41, 5.74) is 2.58. The van der Waals surface area contributed by atoms with Gasteiger partial charge in [0.25, 0.3) is 10.0 Å². The van der Waals surface area contributed by atoms with Crippen LogP contribution in [0.4, 0.5) is 11.5 Å². The Labute approximate surface area is 226 Å². The fourth-order valence-corrected chi connectivity index (χ4v) is 5.99. The zero-order chi connectivity index (χ0) is 27.7. The summed E-state index contributed by atoms with van der Waals surface area (Å²) in [5.74, 6) is 1.35. The van der Waals surface area contributed by atoms with Crippen molar-refractivity contribution in [3.05, 3.63) is 76.6 Å². The molecule has 2 aromatic heterocycles. The van der Waals surface area contributed by atoms with Crippen LogP contribution in [0.1, 0.15) is 17.9 Å². The van der Waals surface area contributed by atoms with Gasteiger partial charge in [0.15, 0.2) is 0 Å². The first-order valence-corrected chi connectivity index (χ1v) is 13.8. The minimum Gasteiger partial charge on any atom is -0.497 e. The molecule has 0 fully saturated rings. The molecule has 39 heavy (non-hydrogen) atoms. The highest BCUT2D eigenvalue weighted by molar-refractivity contribution is 7.92. The Kier molecular flexibility index (Phi) is 7.04. The molecule has 204 valence electrons. The van der Waals surface area contributed by atoms with Gasteiger partial charge < -0.3 is 18.8 Å². The lowest BCUT2D eigenvalue weighted by molar-refractivity contribution is 0.187. The third-order valence-electron chi connectivity index (χ3n) is 6.41. The lowest BCUT2D eigenvalue weighted by Gasteiger charge is -2.35. The number of anilines is 2. The number of aromatic amines is 1. The first-order chi connectivity index (χ1) is 18.6. The molecule has 0 spiro atoms. The number of aryl methyl sites for hydroxylation is 2. The van der Waals surface area contributed by atoms with E-state index in [2.05, 4.69) is 10.2 Å². The molecule has 2 aromatic carbocycles. The number of aromatic nitrogens is 3. The van der Waals surface area contributed by atoms with Gasteiger partial charge in [0, 0.05) is 38.2 Å². The summed E-state index contributed by atoms with van der Waals surface area (Å²) in [5, 5.41) is 6.07. The molecular weight excluding hydrogens is 522 g/mol. The number of rotatable bonds is 8. The molecule has 4 aromatic rings. The zero-order valence-electron chi connectivity index (χ0n) is 22.0. The van der Waals surface area contributed by atoms with E-state index >= 15 is 0 Å². The summed E-state index contributed by atoms with van der Waals surface area (Å²) in [4.78, 5) is 18.1. The highest BCUT2D eigenvalue weighted by Gasteiger charge is 2.35. The van der Waals surface area contributed by atoms with Crippen LogP contribution in [-0.4, -0.2) is 57.5 Å². The molecule has 0 aliphatic carbocycles. The minimum absolute atomic E-state index is 0.0653. The van der Waals surface area contributed by atoms with E-state index in [0.29, 0.717) is 47.1 Å². The molecule has 3 heterocycles. The van der Waals surface area contributed by atoms with E-state index in [1.54, 1.807) is 43.5 Å². The Morgan fingerprint density at radius 2 is 1.97 bits per heavy atom. The zero-order valence-corrected chi connectivity index (χ0v) is 22.9. The largest absolute Gasteiger partial charge is 0.497 e. The number of benzene rings is 2. The summed E-state index contributed by atoms with van der Waals surface area (Å²) in [6.07, 6.45) is 0.189. The number of sulfonamides is 1. The number of pyridine rings is 1. The molecule has 1 aliphatic rings. The van der Waals surface area contributed by atoms with Crippen LogP contribution in [0.3, 0.4) is 0 Å². The number of hydrogen-bond acceptors (Lipinski definition) is 9. The molecule has 0 unspecified atom stereocenters. The average molecular weight is 552 g/mol. The van der Waals surface area contributed by atoms with Gasteiger partial charge >= 0.3 is 5.76 Å². The van der Waals surface area contributed by atoms with Gasteiger partial charge in [-0.15, -0.1) is 5.10 Å². The second-order valence-electron chi connectivity index (χ2n) is 9.47. The molecule has 11 nitrogen and oxygen atoms in total. The van der Waals surface area contributed by atoms with Crippen molar-refractivity contribution in [3.8, 4) is 22.8 Å². The molecule has 0 bridgehead atoms. The van der Waals surface area contributed by atoms with Gasteiger partial charge in [0.1, 0.15) is 23.4 Å². The van der Waals surface area contributed by atoms with E-state index in [9.17, 15) is 13.2 Å². The molecule has 0 amide bonds.